The van der Waals surface area contributed by atoms with Crippen LogP contribution in [0.3, 0.4) is 0 Å². The van der Waals surface area contributed by atoms with Crippen molar-refractivity contribution in [2.24, 2.45) is 0 Å². The van der Waals surface area contributed by atoms with E-state index in [-0.39, 0.29) is 11.4 Å². The fourth-order valence-electron chi connectivity index (χ4n) is 2.48. The number of halogens is 1. The summed E-state index contributed by atoms with van der Waals surface area (Å²) in [6.07, 6.45) is 1.76. The summed E-state index contributed by atoms with van der Waals surface area (Å²) in [6, 6.07) is 13.3. The van der Waals surface area contributed by atoms with Crippen LogP contribution in [0.15, 0.2) is 53.3 Å². The Labute approximate surface area is 145 Å². The van der Waals surface area contributed by atoms with E-state index in [0.29, 0.717) is 26.6 Å². The van der Waals surface area contributed by atoms with Crippen molar-refractivity contribution < 1.29 is 9.13 Å². The van der Waals surface area contributed by atoms with Crippen molar-refractivity contribution in [1.29, 1.82) is 0 Å². The van der Waals surface area contributed by atoms with E-state index in [1.54, 1.807) is 25.3 Å². The van der Waals surface area contributed by atoms with Crippen LogP contribution >= 0.6 is 11.3 Å². The summed E-state index contributed by atoms with van der Waals surface area (Å²) in [4.78, 5) is 17.4. The molecule has 124 valence electrons. The first-order valence-electron chi connectivity index (χ1n) is 7.46. The van der Waals surface area contributed by atoms with Gasteiger partial charge in [-0.15, -0.1) is 5.10 Å². The molecule has 0 atom stereocenters. The highest BCUT2D eigenvalue weighted by Crippen LogP contribution is 2.19. The van der Waals surface area contributed by atoms with Crippen molar-refractivity contribution in [2.75, 3.05) is 7.11 Å². The van der Waals surface area contributed by atoms with Gasteiger partial charge in [0.2, 0.25) is 4.96 Å². The normalized spacial score (nSPS) is 12.0. The molecule has 4 rings (SSSR count). The Morgan fingerprint density at radius 3 is 2.64 bits per heavy atom. The molecular formula is C18H12FN3O2S. The van der Waals surface area contributed by atoms with Crippen molar-refractivity contribution in [3.05, 3.63) is 74.8 Å². The highest BCUT2D eigenvalue weighted by molar-refractivity contribution is 7.15. The van der Waals surface area contributed by atoms with Crippen LogP contribution in [0, 0.1) is 5.82 Å². The SMILES string of the molecule is COc1ccccc1/C=c1/sc2nc(-c3ccc(F)cc3)nn2c1=O. The van der Waals surface area contributed by atoms with Crippen LogP contribution in [0.2, 0.25) is 0 Å². The number of aromatic nitrogens is 3. The Morgan fingerprint density at radius 1 is 1.16 bits per heavy atom. The van der Waals surface area contributed by atoms with Crippen molar-refractivity contribution in [2.45, 2.75) is 0 Å². The molecule has 0 bridgehead atoms. The molecule has 5 nitrogen and oxygen atoms in total. The fraction of sp³-hybridized carbons (Fsp3) is 0.0556. The van der Waals surface area contributed by atoms with E-state index >= 15 is 0 Å². The minimum Gasteiger partial charge on any atom is -0.496 e. The van der Waals surface area contributed by atoms with Gasteiger partial charge in [-0.1, -0.05) is 29.5 Å². The molecule has 4 aromatic rings. The molecule has 2 aromatic carbocycles. The smallest absolute Gasteiger partial charge is 0.291 e. The monoisotopic (exact) mass is 353 g/mol. The molecule has 0 N–H and O–H groups in total. The molecule has 2 heterocycles. The molecular weight excluding hydrogens is 341 g/mol. The van der Waals surface area contributed by atoms with Crippen LogP contribution in [0.5, 0.6) is 5.75 Å². The number of methoxy groups -OCH3 is 1. The zero-order valence-corrected chi connectivity index (χ0v) is 14.0. The average molecular weight is 353 g/mol. The molecule has 0 saturated heterocycles. The maximum Gasteiger partial charge on any atom is 0.291 e. The third-order valence-corrected chi connectivity index (χ3v) is 4.67. The Hall–Kier alpha value is -3.06. The summed E-state index contributed by atoms with van der Waals surface area (Å²) in [6.45, 7) is 0. The first-order valence-corrected chi connectivity index (χ1v) is 8.27. The molecule has 0 amide bonds. The van der Waals surface area contributed by atoms with Gasteiger partial charge in [0.25, 0.3) is 5.56 Å². The molecule has 0 fully saturated rings. The molecule has 0 unspecified atom stereocenters. The highest BCUT2D eigenvalue weighted by Gasteiger charge is 2.12. The van der Waals surface area contributed by atoms with E-state index in [0.717, 1.165) is 5.56 Å². The number of ether oxygens (including phenoxy) is 1. The van der Waals surface area contributed by atoms with Crippen molar-refractivity contribution >= 4 is 22.4 Å². The standard InChI is InChI=1S/C18H12FN3O2S/c1-24-14-5-3-2-4-12(14)10-15-17(23)22-18(25-15)20-16(21-22)11-6-8-13(19)9-7-11/h2-10H,1H3/b15-10+. The number of rotatable bonds is 3. The minimum atomic E-state index is -0.331. The van der Waals surface area contributed by atoms with Crippen molar-refractivity contribution in [1.82, 2.24) is 14.6 Å². The molecule has 0 spiro atoms. The predicted molar refractivity (Wildman–Crippen MR) is 94.3 cm³/mol. The molecule has 0 aliphatic heterocycles. The fourth-order valence-corrected chi connectivity index (χ4v) is 3.38. The number of fused-ring (bicyclic) bond motifs is 1. The molecule has 2 aromatic heterocycles. The Balaban J connectivity index is 1.82. The summed E-state index contributed by atoms with van der Waals surface area (Å²) in [5, 5.41) is 4.25. The average Bonchev–Trinajstić information content (AvgIpc) is 3.16. The summed E-state index contributed by atoms with van der Waals surface area (Å²) in [5.41, 5.74) is 1.23. The summed E-state index contributed by atoms with van der Waals surface area (Å²) in [7, 11) is 1.59. The topological polar surface area (TPSA) is 56.5 Å². The van der Waals surface area contributed by atoms with E-state index < -0.39 is 0 Å². The number of para-hydroxylation sites is 1. The number of benzene rings is 2. The largest absolute Gasteiger partial charge is 0.496 e. The molecule has 7 heteroatoms. The molecule has 25 heavy (non-hydrogen) atoms. The van der Waals surface area contributed by atoms with Gasteiger partial charge in [-0.3, -0.25) is 4.79 Å². The van der Waals surface area contributed by atoms with Gasteiger partial charge >= 0.3 is 0 Å². The second-order valence-corrected chi connectivity index (χ2v) is 6.30. The lowest BCUT2D eigenvalue weighted by Crippen LogP contribution is -2.23. The minimum absolute atomic E-state index is 0.244. The van der Waals surface area contributed by atoms with Crippen LogP contribution in [0.1, 0.15) is 5.56 Å². The Morgan fingerprint density at radius 2 is 1.92 bits per heavy atom. The molecule has 0 saturated carbocycles. The Kier molecular flexibility index (Phi) is 3.77. The first-order chi connectivity index (χ1) is 12.2. The van der Waals surface area contributed by atoms with E-state index in [1.165, 1.54) is 28.0 Å². The van der Waals surface area contributed by atoms with E-state index in [1.807, 2.05) is 24.3 Å². The van der Waals surface area contributed by atoms with Crippen LogP contribution in [0.25, 0.3) is 22.4 Å². The van der Waals surface area contributed by atoms with Crippen LogP contribution < -0.4 is 14.8 Å². The lowest BCUT2D eigenvalue weighted by molar-refractivity contribution is 0.414. The van der Waals surface area contributed by atoms with Crippen molar-refractivity contribution in [3.8, 4) is 17.1 Å². The van der Waals surface area contributed by atoms with Gasteiger partial charge in [-0.2, -0.15) is 9.50 Å². The van der Waals surface area contributed by atoms with Crippen LogP contribution in [-0.2, 0) is 0 Å². The van der Waals surface area contributed by atoms with Gasteiger partial charge in [-0.05, 0) is 36.4 Å². The van der Waals surface area contributed by atoms with Gasteiger partial charge in [0.05, 0.1) is 11.6 Å². The van der Waals surface area contributed by atoms with Gasteiger partial charge < -0.3 is 4.74 Å². The second kappa shape index (κ2) is 6.10. The zero-order chi connectivity index (χ0) is 17.4. The quantitative estimate of drug-likeness (QED) is 0.568. The van der Waals surface area contributed by atoms with E-state index in [2.05, 4.69) is 10.1 Å². The number of hydrogen-bond acceptors (Lipinski definition) is 5. The lowest BCUT2D eigenvalue weighted by Gasteiger charge is -2.02. The van der Waals surface area contributed by atoms with Gasteiger partial charge in [0.15, 0.2) is 5.82 Å². The van der Waals surface area contributed by atoms with Gasteiger partial charge in [0, 0.05) is 11.1 Å². The summed E-state index contributed by atoms with van der Waals surface area (Å²) >= 11 is 1.25. The predicted octanol–water partition coefficient (Wildman–Crippen LogP) is 2.51. The summed E-state index contributed by atoms with van der Waals surface area (Å²) < 4.78 is 20.1. The summed E-state index contributed by atoms with van der Waals surface area (Å²) in [5.74, 6) is 0.753. The molecule has 0 radical (unpaired) electrons. The maximum absolute atomic E-state index is 13.0. The maximum atomic E-state index is 13.0. The van der Waals surface area contributed by atoms with Crippen molar-refractivity contribution in [3.63, 3.8) is 0 Å². The van der Waals surface area contributed by atoms with Crippen LogP contribution in [-0.4, -0.2) is 21.7 Å². The van der Waals surface area contributed by atoms with Crippen LogP contribution in [0.4, 0.5) is 4.39 Å². The third kappa shape index (κ3) is 2.78. The number of nitrogens with zero attached hydrogens (tertiary/aromatic N) is 3. The van der Waals surface area contributed by atoms with Gasteiger partial charge in [0.1, 0.15) is 11.6 Å². The van der Waals surface area contributed by atoms with Gasteiger partial charge in [-0.25, -0.2) is 4.39 Å². The van der Waals surface area contributed by atoms with E-state index in [9.17, 15) is 9.18 Å². The first kappa shape index (κ1) is 15.5. The number of hydrogen-bond donors (Lipinski definition) is 0. The highest BCUT2D eigenvalue weighted by atomic mass is 32.1. The second-order valence-electron chi connectivity index (χ2n) is 5.29. The number of thiazole rings is 1. The Bertz CT molecular complexity index is 1170. The molecule has 0 aliphatic carbocycles. The third-order valence-electron chi connectivity index (χ3n) is 3.71. The molecule has 0 aliphatic rings. The zero-order valence-electron chi connectivity index (χ0n) is 13.1. The lowest BCUT2D eigenvalue weighted by atomic mass is 10.2. The van der Waals surface area contributed by atoms with E-state index in [4.69, 9.17) is 4.74 Å².